The monoisotopic (exact) mass is 848 g/mol. The third-order valence-electron chi connectivity index (χ3n) is 10.7. The van der Waals surface area contributed by atoms with Crippen LogP contribution in [0.25, 0.3) is 0 Å². The summed E-state index contributed by atoms with van der Waals surface area (Å²) in [4.78, 5) is 37.1. The number of unbranched alkanes of at least 4 members (excludes halogenated alkanes) is 24. The van der Waals surface area contributed by atoms with Gasteiger partial charge in [-0.1, -0.05) is 192 Å². The Morgan fingerprint density at radius 1 is 0.517 bits per heavy atom. The minimum atomic E-state index is -1.62. The van der Waals surface area contributed by atoms with E-state index in [1.54, 1.807) is 0 Å². The summed E-state index contributed by atoms with van der Waals surface area (Å²) < 4.78 is 22.6. The Labute approximate surface area is 369 Å². The number of carboxylic acids is 1. The Morgan fingerprint density at radius 3 is 1.42 bits per heavy atom. The molecule has 0 spiro atoms. The van der Waals surface area contributed by atoms with Crippen molar-refractivity contribution >= 4 is 17.9 Å². The van der Waals surface area contributed by atoms with Crippen LogP contribution in [0.1, 0.15) is 213 Å². The van der Waals surface area contributed by atoms with Crippen molar-refractivity contribution in [3.63, 3.8) is 0 Å². The lowest BCUT2D eigenvalue weighted by Gasteiger charge is -2.26. The van der Waals surface area contributed by atoms with Crippen LogP contribution in [0.2, 0.25) is 0 Å². The summed E-state index contributed by atoms with van der Waals surface area (Å²) >= 11 is 0. The average molecular weight is 848 g/mol. The second-order valence-electron chi connectivity index (χ2n) is 17.7. The number of allylic oxidation sites excluding steroid dienone is 6. The number of quaternary nitrogens is 1. The zero-order chi connectivity index (χ0) is 44.2. The van der Waals surface area contributed by atoms with Crippen molar-refractivity contribution in [3.05, 3.63) is 36.5 Å². The molecular weight excluding hydrogens is 755 g/mol. The number of nitrogens with zero attached hydrogens (tertiary/aromatic N) is 1. The van der Waals surface area contributed by atoms with E-state index in [2.05, 4.69) is 50.3 Å². The van der Waals surface area contributed by atoms with Crippen molar-refractivity contribution in [1.29, 1.82) is 0 Å². The summed E-state index contributed by atoms with van der Waals surface area (Å²) in [5, 5.41) is 11.7. The highest BCUT2D eigenvalue weighted by molar-refractivity contribution is 5.70. The second-order valence-corrected chi connectivity index (χ2v) is 17.7. The number of rotatable bonds is 45. The van der Waals surface area contributed by atoms with Crippen molar-refractivity contribution < 1.29 is 42.9 Å². The number of esters is 2. The number of carboxylic acid groups (broad SMARTS) is 1. The number of hydrogen-bond acceptors (Lipinski definition) is 8. The molecule has 0 rings (SSSR count). The highest BCUT2D eigenvalue weighted by atomic mass is 16.7. The normalized spacial score (nSPS) is 13.2. The summed E-state index contributed by atoms with van der Waals surface area (Å²) in [5.74, 6) is -2.30. The molecule has 0 N–H and O–H groups in total. The standard InChI is InChI=1S/C51H93NO8/c1-6-8-10-12-14-16-18-20-22-23-24-25-26-28-29-31-33-35-37-39-41-48(53)58-45-47(46-59-51(50(55)56)57-44-43-52(3,4)5)60-49(54)42-40-38-36-34-32-30-27-21-19-17-15-13-11-9-7-2/h9,11,15,17,21,27,47,51H,6-8,10,12-14,16,18-20,22-26,28-46H2,1-5H3/b11-9-,17-15-,27-21-. The fourth-order valence-corrected chi connectivity index (χ4v) is 6.84. The quantitative estimate of drug-likeness (QED) is 0.0196. The average Bonchev–Trinajstić information content (AvgIpc) is 3.21. The molecule has 0 radical (unpaired) electrons. The minimum Gasteiger partial charge on any atom is -0.545 e. The smallest absolute Gasteiger partial charge is 0.306 e. The van der Waals surface area contributed by atoms with Crippen molar-refractivity contribution in [3.8, 4) is 0 Å². The van der Waals surface area contributed by atoms with Crippen LogP contribution in [0, 0.1) is 0 Å². The molecule has 0 aliphatic heterocycles. The van der Waals surface area contributed by atoms with Crippen LogP contribution in [-0.2, 0) is 33.3 Å². The van der Waals surface area contributed by atoms with Crippen molar-refractivity contribution in [1.82, 2.24) is 0 Å². The summed E-state index contributed by atoms with van der Waals surface area (Å²) in [6, 6.07) is 0. The van der Waals surface area contributed by atoms with Crippen LogP contribution >= 0.6 is 0 Å². The van der Waals surface area contributed by atoms with E-state index in [0.717, 1.165) is 70.6 Å². The lowest BCUT2D eigenvalue weighted by atomic mass is 10.0. The Balaban J connectivity index is 4.34. The Bertz CT molecular complexity index is 1080. The number of hydrogen-bond donors (Lipinski definition) is 0. The Morgan fingerprint density at radius 2 is 0.950 bits per heavy atom. The first-order valence-electron chi connectivity index (χ1n) is 24.6. The van der Waals surface area contributed by atoms with E-state index in [4.69, 9.17) is 18.9 Å². The van der Waals surface area contributed by atoms with Crippen LogP contribution in [0.15, 0.2) is 36.5 Å². The molecule has 0 aromatic heterocycles. The van der Waals surface area contributed by atoms with Gasteiger partial charge < -0.3 is 33.3 Å². The molecule has 9 nitrogen and oxygen atoms in total. The predicted octanol–water partition coefficient (Wildman–Crippen LogP) is 12.1. The SMILES string of the molecule is CC/C=C\C/C=C\C/C=C\CCCCCCCC(=O)OC(COC(=O)CCCCCCCCCCCCCCCCCCCCCC)COC(OCC[N+](C)(C)C)C(=O)[O-]. The highest BCUT2D eigenvalue weighted by Crippen LogP contribution is 2.16. The fraction of sp³-hybridized carbons (Fsp3) is 0.824. The molecule has 0 aromatic rings. The zero-order valence-corrected chi connectivity index (χ0v) is 39.6. The number of ether oxygens (including phenoxy) is 4. The fourth-order valence-electron chi connectivity index (χ4n) is 6.84. The zero-order valence-electron chi connectivity index (χ0n) is 39.6. The van der Waals surface area contributed by atoms with Crippen molar-refractivity contribution in [2.45, 2.75) is 225 Å². The van der Waals surface area contributed by atoms with E-state index in [1.165, 1.54) is 109 Å². The Hall–Kier alpha value is -2.49. The Kier molecular flexibility index (Phi) is 41.4. The number of carbonyl (C=O) groups is 3. The summed E-state index contributed by atoms with van der Waals surface area (Å²) in [6.07, 6.45) is 46.1. The molecule has 9 heteroatoms. The van der Waals surface area contributed by atoms with E-state index in [-0.39, 0.29) is 32.2 Å². The van der Waals surface area contributed by atoms with E-state index in [0.29, 0.717) is 23.9 Å². The van der Waals surface area contributed by atoms with Gasteiger partial charge in [-0.2, -0.15) is 0 Å². The maximum atomic E-state index is 12.8. The van der Waals surface area contributed by atoms with Gasteiger partial charge in [0.1, 0.15) is 13.2 Å². The largest absolute Gasteiger partial charge is 0.545 e. The maximum absolute atomic E-state index is 12.8. The highest BCUT2D eigenvalue weighted by Gasteiger charge is 2.21. The molecule has 0 saturated heterocycles. The molecule has 0 aromatic carbocycles. The van der Waals surface area contributed by atoms with Gasteiger partial charge in [-0.25, -0.2) is 0 Å². The van der Waals surface area contributed by atoms with Gasteiger partial charge in [0, 0.05) is 12.8 Å². The van der Waals surface area contributed by atoms with E-state index in [9.17, 15) is 19.5 Å². The predicted molar refractivity (Wildman–Crippen MR) is 246 cm³/mol. The van der Waals surface area contributed by atoms with E-state index < -0.39 is 24.3 Å². The topological polar surface area (TPSA) is 111 Å². The number of likely N-dealkylation sites (N-methyl/N-ethyl adjacent to an activating group) is 1. The minimum absolute atomic E-state index is 0.145. The number of aliphatic carboxylic acids is 1. The summed E-state index contributed by atoms with van der Waals surface area (Å²) in [7, 11) is 5.91. The van der Waals surface area contributed by atoms with Crippen LogP contribution in [-0.4, -0.2) is 82.3 Å². The van der Waals surface area contributed by atoms with Gasteiger partial charge in [0.2, 0.25) is 0 Å². The maximum Gasteiger partial charge on any atom is 0.306 e. The van der Waals surface area contributed by atoms with E-state index in [1.807, 2.05) is 21.1 Å². The lowest BCUT2D eigenvalue weighted by Crippen LogP contribution is -2.44. The van der Waals surface area contributed by atoms with Crippen LogP contribution in [0.3, 0.4) is 0 Å². The molecule has 2 unspecified atom stereocenters. The molecule has 60 heavy (non-hydrogen) atoms. The summed E-state index contributed by atoms with van der Waals surface area (Å²) in [6.45, 7) is 4.63. The molecule has 350 valence electrons. The first kappa shape index (κ1) is 57.5. The van der Waals surface area contributed by atoms with Gasteiger partial charge in [-0.3, -0.25) is 9.59 Å². The van der Waals surface area contributed by atoms with Crippen molar-refractivity contribution in [2.75, 3.05) is 47.5 Å². The summed E-state index contributed by atoms with van der Waals surface area (Å²) in [5.41, 5.74) is 0. The van der Waals surface area contributed by atoms with Gasteiger partial charge >= 0.3 is 11.9 Å². The van der Waals surface area contributed by atoms with E-state index >= 15 is 0 Å². The van der Waals surface area contributed by atoms with Crippen molar-refractivity contribution in [2.24, 2.45) is 0 Å². The molecule has 0 saturated carbocycles. The molecule has 0 bridgehead atoms. The first-order chi connectivity index (χ1) is 29.1. The molecule has 2 atom stereocenters. The van der Waals surface area contributed by atoms with Crippen LogP contribution in [0.5, 0.6) is 0 Å². The molecular formula is C51H93NO8. The molecule has 0 amide bonds. The van der Waals surface area contributed by atoms with Gasteiger partial charge in [0.15, 0.2) is 12.4 Å². The molecule has 0 fully saturated rings. The lowest BCUT2D eigenvalue weighted by molar-refractivity contribution is -0.870. The van der Waals surface area contributed by atoms with Gasteiger partial charge in [-0.05, 0) is 44.9 Å². The first-order valence-corrected chi connectivity index (χ1v) is 24.6. The van der Waals surface area contributed by atoms with Gasteiger partial charge in [0.25, 0.3) is 0 Å². The second kappa shape index (κ2) is 43.2. The van der Waals surface area contributed by atoms with Crippen LogP contribution in [0.4, 0.5) is 0 Å². The molecule has 0 aliphatic carbocycles. The third kappa shape index (κ3) is 43.6. The number of carbonyl (C=O) groups excluding carboxylic acids is 3. The molecule has 0 aliphatic rings. The third-order valence-corrected chi connectivity index (χ3v) is 10.7. The molecule has 0 heterocycles. The van der Waals surface area contributed by atoms with Gasteiger partial charge in [-0.15, -0.1) is 0 Å². The van der Waals surface area contributed by atoms with Crippen LogP contribution < -0.4 is 5.11 Å². The van der Waals surface area contributed by atoms with Gasteiger partial charge in [0.05, 0.1) is 40.3 Å².